The van der Waals surface area contributed by atoms with Crippen LogP contribution < -0.4 is 0 Å². The summed E-state index contributed by atoms with van der Waals surface area (Å²) in [4.78, 5) is 4.31. The largest absolute Gasteiger partial charge is 0.412 e. The van der Waals surface area contributed by atoms with Gasteiger partial charge in [-0.2, -0.15) is 0 Å². The molecule has 1 aliphatic heterocycles. The monoisotopic (exact) mass is 166 g/mol. The van der Waals surface area contributed by atoms with Gasteiger partial charge in [-0.05, 0) is 23.6 Å². The van der Waals surface area contributed by atoms with Crippen LogP contribution in [-0.4, -0.2) is 19.3 Å². The van der Waals surface area contributed by atoms with E-state index in [4.69, 9.17) is 4.74 Å². The van der Waals surface area contributed by atoms with E-state index < -0.39 is 0 Å². The van der Waals surface area contributed by atoms with Crippen LogP contribution in [0.4, 0.5) is 0 Å². The minimum absolute atomic E-state index is 0.119. The van der Waals surface area contributed by atoms with Gasteiger partial charge in [-0.15, -0.1) is 0 Å². The third-order valence-electron chi connectivity index (χ3n) is 3.26. The van der Waals surface area contributed by atoms with Gasteiger partial charge in [0.2, 0.25) is 0 Å². The molecule has 0 saturated heterocycles. The average molecular weight is 166 g/mol. The van der Waals surface area contributed by atoms with Crippen LogP contribution in [0.15, 0.2) is 0 Å². The Morgan fingerprint density at radius 2 is 2.42 bits per heavy atom. The first kappa shape index (κ1) is 8.07. The molecule has 1 spiro atoms. The molecule has 2 heteroatoms. The zero-order chi connectivity index (χ0) is 8.60. The van der Waals surface area contributed by atoms with Crippen LogP contribution in [0.1, 0.15) is 26.2 Å². The van der Waals surface area contributed by atoms with Gasteiger partial charge in [0.1, 0.15) is 0 Å². The van der Waals surface area contributed by atoms with E-state index in [9.17, 15) is 0 Å². The van der Waals surface area contributed by atoms with Gasteiger partial charge in [0.25, 0.3) is 0 Å². The third-order valence-corrected chi connectivity index (χ3v) is 3.26. The summed E-state index contributed by atoms with van der Waals surface area (Å²) in [6.45, 7) is 3.15. The lowest BCUT2D eigenvalue weighted by molar-refractivity contribution is 0.0849. The van der Waals surface area contributed by atoms with Crippen molar-refractivity contribution in [3.8, 4) is 6.07 Å². The Morgan fingerprint density at radius 1 is 1.67 bits per heavy atom. The van der Waals surface area contributed by atoms with Crippen molar-refractivity contribution in [2.75, 3.05) is 13.7 Å². The molecule has 0 N–H and O–H groups in total. The van der Waals surface area contributed by atoms with E-state index in [1.165, 1.54) is 19.3 Å². The molecule has 0 aromatic rings. The van der Waals surface area contributed by atoms with Gasteiger partial charge in [0.05, 0.1) is 12.5 Å². The Morgan fingerprint density at radius 3 is 3.00 bits per heavy atom. The molecule has 2 rings (SSSR count). The molecule has 1 fully saturated rings. The molecule has 0 radical (unpaired) electrons. The van der Waals surface area contributed by atoms with E-state index in [0.29, 0.717) is 5.92 Å². The van der Waals surface area contributed by atoms with E-state index in [0.717, 1.165) is 12.5 Å². The van der Waals surface area contributed by atoms with Crippen LogP contribution in [0, 0.1) is 17.9 Å². The highest BCUT2D eigenvalue weighted by atomic mass is 16.5. The summed E-state index contributed by atoms with van der Waals surface area (Å²) in [7, 11) is 1.78. The molecule has 2 nitrogen and oxygen atoms in total. The fraction of sp³-hybridized carbons (Fsp3) is 0.900. The SMILES string of the molecule is COCC1C(C)CCCC12C#[N+]2. The van der Waals surface area contributed by atoms with Gasteiger partial charge in [0.15, 0.2) is 0 Å². The molecule has 3 atom stereocenters. The van der Waals surface area contributed by atoms with Gasteiger partial charge in [-0.3, -0.25) is 0 Å². The maximum Gasteiger partial charge on any atom is 0.412 e. The number of nitrogens with zero attached hydrogens (tertiary/aromatic N) is 1. The number of rotatable bonds is 2. The second kappa shape index (κ2) is 2.74. The Hall–Kier alpha value is -0.550. The molecule has 2 aliphatic rings. The summed E-state index contributed by atoms with van der Waals surface area (Å²) in [6, 6.07) is 3.16. The van der Waals surface area contributed by atoms with E-state index in [1.807, 2.05) is 0 Å². The fourth-order valence-electron chi connectivity index (χ4n) is 2.38. The van der Waals surface area contributed by atoms with Gasteiger partial charge >= 0.3 is 11.6 Å². The molecule has 0 aromatic carbocycles. The minimum Gasteiger partial charge on any atom is -0.384 e. The molecule has 0 amide bonds. The second-order valence-electron chi connectivity index (χ2n) is 4.08. The lowest BCUT2D eigenvalue weighted by Crippen LogP contribution is -2.37. The van der Waals surface area contributed by atoms with E-state index in [-0.39, 0.29) is 5.54 Å². The summed E-state index contributed by atoms with van der Waals surface area (Å²) in [5, 5.41) is 0. The van der Waals surface area contributed by atoms with Gasteiger partial charge < -0.3 is 4.74 Å². The third kappa shape index (κ3) is 1.13. The summed E-state index contributed by atoms with van der Waals surface area (Å²) >= 11 is 0. The van der Waals surface area contributed by atoms with Crippen LogP contribution in [0.5, 0.6) is 0 Å². The quantitative estimate of drug-likeness (QED) is 0.613. The number of ether oxygens (including phenoxy) is 1. The van der Waals surface area contributed by atoms with Crippen LogP contribution in [0.3, 0.4) is 0 Å². The molecule has 0 aromatic heterocycles. The van der Waals surface area contributed by atoms with Crippen LogP contribution in [0.25, 0.3) is 4.85 Å². The topological polar surface area (TPSA) is 13.6 Å². The summed E-state index contributed by atoms with van der Waals surface area (Å²) < 4.78 is 5.23. The number of methoxy groups -OCH3 is 1. The van der Waals surface area contributed by atoms with Crippen molar-refractivity contribution in [1.82, 2.24) is 0 Å². The van der Waals surface area contributed by atoms with Crippen molar-refractivity contribution >= 4 is 0 Å². The van der Waals surface area contributed by atoms with Crippen molar-refractivity contribution in [2.45, 2.75) is 31.7 Å². The first-order chi connectivity index (χ1) is 5.78. The lowest BCUT2D eigenvalue weighted by atomic mass is 9.71. The number of hydrogen-bond acceptors (Lipinski definition) is 1. The van der Waals surface area contributed by atoms with Crippen molar-refractivity contribution in [2.24, 2.45) is 11.8 Å². The van der Waals surface area contributed by atoms with Crippen molar-refractivity contribution in [1.29, 1.82) is 0 Å². The molecular weight excluding hydrogens is 150 g/mol. The second-order valence-corrected chi connectivity index (χ2v) is 4.08. The van der Waals surface area contributed by atoms with Gasteiger partial charge in [-0.25, -0.2) is 0 Å². The zero-order valence-electron chi connectivity index (χ0n) is 7.84. The summed E-state index contributed by atoms with van der Waals surface area (Å²) in [6.07, 6.45) is 3.83. The standard InChI is InChI=1S/C10H16NO/c1-8-4-3-5-10(7-11-10)9(8)6-12-2/h8-9H,3-6H2,1-2H3/q+1. The van der Waals surface area contributed by atoms with Gasteiger partial charge in [-0.1, -0.05) is 6.92 Å². The first-order valence-electron chi connectivity index (χ1n) is 4.76. The highest BCUT2D eigenvalue weighted by Crippen LogP contribution is 2.45. The van der Waals surface area contributed by atoms with Crippen molar-refractivity contribution < 1.29 is 4.74 Å². The Balaban J connectivity index is 2.03. The Kier molecular flexibility index (Phi) is 1.84. The Labute approximate surface area is 73.7 Å². The molecule has 1 saturated carbocycles. The highest BCUT2D eigenvalue weighted by Gasteiger charge is 2.64. The maximum atomic E-state index is 5.23. The van der Waals surface area contributed by atoms with E-state index in [1.54, 1.807) is 7.11 Å². The van der Waals surface area contributed by atoms with Crippen LogP contribution in [-0.2, 0) is 4.74 Å². The minimum atomic E-state index is 0.119. The normalized spacial score (nSPS) is 43.8. The predicted molar refractivity (Wildman–Crippen MR) is 48.4 cm³/mol. The van der Waals surface area contributed by atoms with Crippen LogP contribution in [0.2, 0.25) is 0 Å². The van der Waals surface area contributed by atoms with Gasteiger partial charge in [0, 0.05) is 13.5 Å². The van der Waals surface area contributed by atoms with Crippen molar-refractivity contribution in [3.63, 3.8) is 0 Å². The summed E-state index contributed by atoms with van der Waals surface area (Å²) in [5.74, 6) is 1.34. The average Bonchev–Trinajstić information content (AvgIpc) is 2.79. The summed E-state index contributed by atoms with van der Waals surface area (Å²) in [5.41, 5.74) is 0.119. The number of hydrogen-bond donors (Lipinski definition) is 0. The highest BCUT2D eigenvalue weighted by molar-refractivity contribution is 5.38. The van der Waals surface area contributed by atoms with E-state index >= 15 is 0 Å². The first-order valence-corrected chi connectivity index (χ1v) is 4.76. The fourth-order valence-corrected chi connectivity index (χ4v) is 2.38. The molecule has 0 bridgehead atoms. The molecular formula is C10H16NO+. The predicted octanol–water partition coefficient (Wildman–Crippen LogP) is 2.15. The van der Waals surface area contributed by atoms with Crippen molar-refractivity contribution in [3.05, 3.63) is 4.85 Å². The molecule has 3 unspecified atom stereocenters. The molecule has 1 heterocycles. The Bertz CT molecular complexity index is 230. The lowest BCUT2D eigenvalue weighted by Gasteiger charge is -2.26. The maximum absolute atomic E-state index is 5.23. The molecule has 1 aliphatic carbocycles. The smallest absolute Gasteiger partial charge is 0.384 e. The zero-order valence-corrected chi connectivity index (χ0v) is 7.84. The van der Waals surface area contributed by atoms with E-state index in [2.05, 4.69) is 17.8 Å². The molecule has 66 valence electrons. The van der Waals surface area contributed by atoms with Crippen LogP contribution >= 0.6 is 0 Å². The molecule has 12 heavy (non-hydrogen) atoms.